The van der Waals surface area contributed by atoms with Crippen LogP contribution in [0.3, 0.4) is 0 Å². The number of nitrogens with one attached hydrogen (secondary N) is 1. The number of carbonyl (C=O) groups excluding carboxylic acids is 1. The van der Waals surface area contributed by atoms with Gasteiger partial charge in [0.2, 0.25) is 0 Å². The first kappa shape index (κ1) is 13.3. The van der Waals surface area contributed by atoms with E-state index in [1.807, 2.05) is 0 Å². The number of likely N-dealkylation sites (tertiary alicyclic amines) is 1. The number of rotatable bonds is 5. The zero-order chi connectivity index (χ0) is 12.0. The smallest absolute Gasteiger partial charge is 0.407 e. The van der Waals surface area contributed by atoms with Crippen LogP contribution in [0, 0.1) is 0 Å². The molecule has 0 spiro atoms. The average molecular weight is 229 g/mol. The third-order valence-corrected chi connectivity index (χ3v) is 3.21. The number of carbonyl (C=O) groups is 1. The van der Waals surface area contributed by atoms with Crippen molar-refractivity contribution >= 4 is 6.09 Å². The fraction of sp³-hybridized carbons (Fsp3) is 0.909. The van der Waals surface area contributed by atoms with Gasteiger partial charge in [-0.05, 0) is 25.8 Å². The molecule has 1 rings (SSSR count). The van der Waals surface area contributed by atoms with E-state index in [1.54, 1.807) is 0 Å². The third-order valence-electron chi connectivity index (χ3n) is 3.21. The Morgan fingerprint density at radius 3 is 3.00 bits per heavy atom. The lowest BCUT2D eigenvalue weighted by Crippen LogP contribution is -2.40. The molecule has 0 bridgehead atoms. The predicted molar refractivity (Wildman–Crippen MR) is 63.3 cm³/mol. The second kappa shape index (κ2) is 6.70. The Morgan fingerprint density at radius 1 is 1.69 bits per heavy atom. The summed E-state index contributed by atoms with van der Waals surface area (Å²) in [6.07, 6.45) is 2.80. The summed E-state index contributed by atoms with van der Waals surface area (Å²) in [5.41, 5.74) is 5.59. The second-order valence-electron chi connectivity index (χ2n) is 4.26. The zero-order valence-corrected chi connectivity index (χ0v) is 10.2. The maximum atomic E-state index is 11.1. The Bertz CT molecular complexity index is 223. The molecule has 0 aromatic heterocycles. The molecule has 0 saturated carbocycles. The molecular weight excluding hydrogens is 206 g/mol. The van der Waals surface area contributed by atoms with E-state index in [1.165, 1.54) is 7.11 Å². The lowest BCUT2D eigenvalue weighted by atomic mass is 10.1. The fourth-order valence-electron chi connectivity index (χ4n) is 2.30. The van der Waals surface area contributed by atoms with Gasteiger partial charge in [-0.3, -0.25) is 4.90 Å². The molecule has 1 aliphatic rings. The van der Waals surface area contributed by atoms with Crippen molar-refractivity contribution in [3.05, 3.63) is 0 Å². The van der Waals surface area contributed by atoms with Crippen molar-refractivity contribution in [2.24, 2.45) is 5.73 Å². The number of alkyl carbamates (subject to hydrolysis) is 1. The number of ether oxygens (including phenoxy) is 1. The van der Waals surface area contributed by atoms with Gasteiger partial charge >= 0.3 is 6.09 Å². The van der Waals surface area contributed by atoms with Gasteiger partial charge < -0.3 is 15.8 Å². The fourth-order valence-corrected chi connectivity index (χ4v) is 2.30. The Morgan fingerprint density at radius 2 is 2.44 bits per heavy atom. The molecule has 3 N–H and O–H groups in total. The maximum absolute atomic E-state index is 11.1. The van der Waals surface area contributed by atoms with Gasteiger partial charge in [0.05, 0.1) is 7.11 Å². The molecule has 0 aromatic rings. The quantitative estimate of drug-likeness (QED) is 0.722. The van der Waals surface area contributed by atoms with Gasteiger partial charge in [0, 0.05) is 25.2 Å². The van der Waals surface area contributed by atoms with Gasteiger partial charge in [-0.15, -0.1) is 0 Å². The summed E-state index contributed by atoms with van der Waals surface area (Å²) in [4.78, 5) is 13.5. The van der Waals surface area contributed by atoms with E-state index < -0.39 is 0 Å². The highest BCUT2D eigenvalue weighted by Gasteiger charge is 2.27. The number of hydrogen-bond acceptors (Lipinski definition) is 4. The summed E-state index contributed by atoms with van der Waals surface area (Å²) in [7, 11) is 1.39. The standard InChI is InChI=1S/C11H23N3O2/c1-3-10(4-6-12)14-7-5-9(8-14)13-11(15)16-2/h9-10H,3-8,12H2,1-2H3,(H,13,15). The SMILES string of the molecule is CCC(CCN)N1CCC(NC(=O)OC)C1. The molecule has 0 aliphatic carbocycles. The molecule has 2 atom stereocenters. The summed E-state index contributed by atoms with van der Waals surface area (Å²) in [5.74, 6) is 0. The highest BCUT2D eigenvalue weighted by atomic mass is 16.5. The topological polar surface area (TPSA) is 67.6 Å². The number of amides is 1. The number of hydrogen-bond donors (Lipinski definition) is 2. The summed E-state index contributed by atoms with van der Waals surface area (Å²) in [6, 6.07) is 0.772. The van der Waals surface area contributed by atoms with E-state index in [0.717, 1.165) is 38.9 Å². The summed E-state index contributed by atoms with van der Waals surface area (Å²) in [5, 5.41) is 2.85. The van der Waals surface area contributed by atoms with Crippen LogP contribution in [-0.4, -0.2) is 49.8 Å². The van der Waals surface area contributed by atoms with E-state index in [4.69, 9.17) is 5.73 Å². The molecule has 5 nitrogen and oxygen atoms in total. The minimum atomic E-state index is -0.335. The van der Waals surface area contributed by atoms with Gasteiger partial charge in [0.25, 0.3) is 0 Å². The molecule has 16 heavy (non-hydrogen) atoms. The molecule has 2 unspecified atom stereocenters. The van der Waals surface area contributed by atoms with Crippen molar-refractivity contribution in [1.82, 2.24) is 10.2 Å². The largest absolute Gasteiger partial charge is 0.453 e. The molecule has 1 heterocycles. The Labute approximate surface area is 97.3 Å². The summed E-state index contributed by atoms with van der Waals surface area (Å²) in [6.45, 7) is 4.85. The first-order valence-electron chi connectivity index (χ1n) is 5.99. The van der Waals surface area contributed by atoms with Crippen LogP contribution in [-0.2, 0) is 4.74 Å². The molecule has 5 heteroatoms. The maximum Gasteiger partial charge on any atom is 0.407 e. The van der Waals surface area contributed by atoms with Gasteiger partial charge in [-0.2, -0.15) is 0 Å². The van der Waals surface area contributed by atoms with Crippen LogP contribution in [0.15, 0.2) is 0 Å². The molecule has 94 valence electrons. The molecule has 1 saturated heterocycles. The predicted octanol–water partition coefficient (Wildman–Crippen LogP) is 0.544. The zero-order valence-electron chi connectivity index (χ0n) is 10.2. The van der Waals surface area contributed by atoms with Crippen LogP contribution >= 0.6 is 0 Å². The Kier molecular flexibility index (Phi) is 5.55. The van der Waals surface area contributed by atoms with Crippen LogP contribution in [0.2, 0.25) is 0 Å². The molecule has 1 amide bonds. The first-order chi connectivity index (χ1) is 7.71. The summed E-state index contributed by atoms with van der Waals surface area (Å²) >= 11 is 0. The molecule has 0 radical (unpaired) electrons. The molecule has 1 fully saturated rings. The summed E-state index contributed by atoms with van der Waals surface area (Å²) < 4.78 is 4.59. The van der Waals surface area contributed by atoms with Crippen LogP contribution in [0.1, 0.15) is 26.2 Å². The van der Waals surface area contributed by atoms with E-state index in [2.05, 4.69) is 21.9 Å². The van der Waals surface area contributed by atoms with E-state index >= 15 is 0 Å². The van der Waals surface area contributed by atoms with Crippen molar-refractivity contribution in [2.45, 2.75) is 38.3 Å². The first-order valence-corrected chi connectivity index (χ1v) is 5.99. The highest BCUT2D eigenvalue weighted by molar-refractivity contribution is 5.67. The third kappa shape index (κ3) is 3.64. The van der Waals surface area contributed by atoms with Gasteiger partial charge in [0.15, 0.2) is 0 Å². The van der Waals surface area contributed by atoms with Crippen molar-refractivity contribution in [1.29, 1.82) is 0 Å². The van der Waals surface area contributed by atoms with Gasteiger partial charge in [-0.1, -0.05) is 6.92 Å². The number of nitrogens with two attached hydrogens (primary N) is 1. The van der Waals surface area contributed by atoms with Crippen LogP contribution in [0.25, 0.3) is 0 Å². The van der Waals surface area contributed by atoms with Crippen molar-refractivity contribution in [3.63, 3.8) is 0 Å². The normalized spacial score (nSPS) is 23.1. The van der Waals surface area contributed by atoms with Crippen molar-refractivity contribution in [2.75, 3.05) is 26.7 Å². The van der Waals surface area contributed by atoms with E-state index in [0.29, 0.717) is 6.04 Å². The lowest BCUT2D eigenvalue weighted by molar-refractivity contribution is 0.164. The van der Waals surface area contributed by atoms with E-state index in [-0.39, 0.29) is 12.1 Å². The Balaban J connectivity index is 2.35. The lowest BCUT2D eigenvalue weighted by Gasteiger charge is -2.26. The van der Waals surface area contributed by atoms with Crippen molar-refractivity contribution < 1.29 is 9.53 Å². The monoisotopic (exact) mass is 229 g/mol. The minimum Gasteiger partial charge on any atom is -0.453 e. The second-order valence-corrected chi connectivity index (χ2v) is 4.26. The Hall–Kier alpha value is -0.810. The average Bonchev–Trinajstić information content (AvgIpc) is 2.74. The number of nitrogens with zero attached hydrogens (tertiary/aromatic N) is 1. The minimum absolute atomic E-state index is 0.222. The van der Waals surface area contributed by atoms with Crippen LogP contribution < -0.4 is 11.1 Å². The highest BCUT2D eigenvalue weighted by Crippen LogP contribution is 2.16. The van der Waals surface area contributed by atoms with Gasteiger partial charge in [0.1, 0.15) is 0 Å². The van der Waals surface area contributed by atoms with Gasteiger partial charge in [-0.25, -0.2) is 4.79 Å². The van der Waals surface area contributed by atoms with Crippen molar-refractivity contribution in [3.8, 4) is 0 Å². The van der Waals surface area contributed by atoms with Crippen LogP contribution in [0.5, 0.6) is 0 Å². The molecule has 0 aromatic carbocycles. The van der Waals surface area contributed by atoms with E-state index in [9.17, 15) is 4.79 Å². The molecular formula is C11H23N3O2. The molecule has 1 aliphatic heterocycles. The number of methoxy groups -OCH3 is 1. The van der Waals surface area contributed by atoms with Crippen LogP contribution in [0.4, 0.5) is 4.79 Å².